The molecule has 4 aromatic rings. The summed E-state index contributed by atoms with van der Waals surface area (Å²) in [5, 5.41) is 9.62. The van der Waals surface area contributed by atoms with Crippen LogP contribution in [0.4, 0.5) is 8.78 Å². The van der Waals surface area contributed by atoms with Crippen LogP contribution in [0, 0.1) is 5.41 Å². The van der Waals surface area contributed by atoms with E-state index in [0.29, 0.717) is 17.3 Å². The number of carbonyl (C=O) groups excluding carboxylic acids is 1. The second-order valence-electron chi connectivity index (χ2n) is 10.1. The maximum atomic E-state index is 13.7. The van der Waals surface area contributed by atoms with Gasteiger partial charge in [-0.1, -0.05) is 12.1 Å². The molecule has 8 heteroatoms. The maximum absolute atomic E-state index is 13.7. The molecule has 2 aromatic carbocycles. The van der Waals surface area contributed by atoms with Gasteiger partial charge in [-0.3, -0.25) is 14.0 Å². The first-order valence-corrected chi connectivity index (χ1v) is 12.1. The van der Waals surface area contributed by atoms with Gasteiger partial charge in [0.05, 0.1) is 11.6 Å². The molecule has 182 valence electrons. The van der Waals surface area contributed by atoms with Gasteiger partial charge in [0.1, 0.15) is 0 Å². The van der Waals surface area contributed by atoms with Gasteiger partial charge in [-0.2, -0.15) is 5.10 Å². The van der Waals surface area contributed by atoms with Crippen LogP contribution in [0.25, 0.3) is 27.6 Å². The molecule has 0 bridgehead atoms. The molecule has 2 aromatic heterocycles. The average molecular weight is 479 g/mol. The van der Waals surface area contributed by atoms with Crippen LogP contribution in [0.5, 0.6) is 0 Å². The highest BCUT2D eigenvalue weighted by Gasteiger charge is 2.62. The van der Waals surface area contributed by atoms with Crippen molar-refractivity contribution in [3.63, 3.8) is 0 Å². The second kappa shape index (κ2) is 7.62. The van der Waals surface area contributed by atoms with E-state index < -0.39 is 5.92 Å². The Bertz CT molecular complexity index is 1440. The van der Waals surface area contributed by atoms with Crippen molar-refractivity contribution in [3.05, 3.63) is 59.8 Å². The lowest BCUT2D eigenvalue weighted by Crippen LogP contribution is -2.40. The predicted octanol–water partition coefficient (Wildman–Crippen LogP) is 5.32. The molecule has 0 saturated heterocycles. The lowest BCUT2D eigenvalue weighted by Gasteiger charge is -2.36. The van der Waals surface area contributed by atoms with Crippen molar-refractivity contribution in [2.24, 2.45) is 12.5 Å². The van der Waals surface area contributed by atoms with Crippen LogP contribution in [0.2, 0.25) is 0 Å². The van der Waals surface area contributed by atoms with Crippen molar-refractivity contribution in [1.82, 2.24) is 19.7 Å². The minimum Gasteiger partial charge on any atom is -0.378 e. The monoisotopic (exact) mass is 478 g/mol. The molecular formula is C27H28F2N4O2. The van der Waals surface area contributed by atoms with E-state index in [0.717, 1.165) is 54.8 Å². The van der Waals surface area contributed by atoms with Crippen molar-refractivity contribution >= 4 is 27.8 Å². The molecule has 2 aliphatic carbocycles. The fraction of sp³-hybridized carbons (Fsp3) is 0.407. The summed E-state index contributed by atoms with van der Waals surface area (Å²) in [6.45, 7) is 3.64. The number of fused-ring (bicyclic) bond motifs is 3. The van der Waals surface area contributed by atoms with Gasteiger partial charge in [-0.15, -0.1) is 0 Å². The Labute approximate surface area is 201 Å². The van der Waals surface area contributed by atoms with Gasteiger partial charge in [-0.25, -0.2) is 8.78 Å². The summed E-state index contributed by atoms with van der Waals surface area (Å²) in [7, 11) is 1.84. The molecule has 1 amide bonds. The molecule has 0 aliphatic heterocycles. The number of hydrogen-bond acceptors (Lipinski definition) is 3. The minimum absolute atomic E-state index is 0.0363. The molecule has 35 heavy (non-hydrogen) atoms. The van der Waals surface area contributed by atoms with Crippen molar-refractivity contribution in [2.75, 3.05) is 6.61 Å². The van der Waals surface area contributed by atoms with Gasteiger partial charge in [0.2, 0.25) is 0 Å². The minimum atomic E-state index is -2.90. The molecule has 6 rings (SSSR count). The summed E-state index contributed by atoms with van der Waals surface area (Å²) in [5.41, 5.74) is 3.12. The van der Waals surface area contributed by atoms with Gasteiger partial charge in [0.15, 0.2) is 5.65 Å². The maximum Gasteiger partial charge on any atom is 0.270 e. The Morgan fingerprint density at radius 1 is 1.17 bits per heavy atom. The quantitative estimate of drug-likeness (QED) is 0.408. The normalized spacial score (nSPS) is 23.7. The lowest BCUT2D eigenvalue weighted by molar-refractivity contribution is -0.0374. The first kappa shape index (κ1) is 22.2. The molecule has 2 aliphatic rings. The van der Waals surface area contributed by atoms with Crippen molar-refractivity contribution in [2.45, 2.75) is 51.2 Å². The van der Waals surface area contributed by atoms with E-state index in [9.17, 15) is 13.6 Å². The third kappa shape index (κ3) is 3.62. The number of halogens is 2. The Morgan fingerprint density at radius 3 is 2.60 bits per heavy atom. The third-order valence-electron chi connectivity index (χ3n) is 7.61. The van der Waals surface area contributed by atoms with Gasteiger partial charge in [0, 0.05) is 60.4 Å². The van der Waals surface area contributed by atoms with Crippen molar-refractivity contribution in [3.8, 4) is 5.69 Å². The molecule has 0 radical (unpaired) electrons. The number of carbonyl (C=O) groups is 1. The molecule has 1 N–H and O–H groups in total. The van der Waals surface area contributed by atoms with E-state index >= 15 is 0 Å². The number of hydrogen-bond donors (Lipinski definition) is 1. The summed E-state index contributed by atoms with van der Waals surface area (Å²) in [4.78, 5) is 13.1. The predicted molar refractivity (Wildman–Crippen MR) is 130 cm³/mol. The van der Waals surface area contributed by atoms with Crippen LogP contribution >= 0.6 is 0 Å². The first-order chi connectivity index (χ1) is 16.7. The number of aromatic nitrogens is 3. The number of alkyl halides is 2. The highest BCUT2D eigenvalue weighted by atomic mass is 19.3. The Hall–Kier alpha value is -3.26. The highest BCUT2D eigenvalue weighted by Crippen LogP contribution is 2.61. The Balaban J connectivity index is 1.31. The first-order valence-electron chi connectivity index (χ1n) is 12.1. The van der Waals surface area contributed by atoms with Gasteiger partial charge in [0.25, 0.3) is 11.8 Å². The number of rotatable bonds is 6. The van der Waals surface area contributed by atoms with Crippen molar-refractivity contribution in [1.29, 1.82) is 0 Å². The van der Waals surface area contributed by atoms with Gasteiger partial charge < -0.3 is 10.1 Å². The average Bonchev–Trinajstić information content (AvgIpc) is 3.24. The smallest absolute Gasteiger partial charge is 0.270 e. The van der Waals surface area contributed by atoms with Crippen LogP contribution in [0.1, 0.15) is 49.0 Å². The summed E-state index contributed by atoms with van der Waals surface area (Å²) in [6, 6.07) is 12.1. The van der Waals surface area contributed by atoms with E-state index in [2.05, 4.69) is 10.4 Å². The zero-order chi connectivity index (χ0) is 24.5. The molecule has 1 spiro atoms. The Kier molecular flexibility index (Phi) is 4.84. The number of nitrogens with zero attached hydrogens (tertiary/aromatic N) is 3. The number of nitrogens with one attached hydrogen (secondary N) is 1. The van der Waals surface area contributed by atoms with E-state index in [1.807, 2.05) is 42.9 Å². The summed E-state index contributed by atoms with van der Waals surface area (Å²) >= 11 is 0. The lowest BCUT2D eigenvalue weighted by atomic mass is 9.78. The second-order valence-corrected chi connectivity index (χ2v) is 10.1. The summed E-state index contributed by atoms with van der Waals surface area (Å²) < 4.78 is 36.8. The molecular weight excluding hydrogens is 450 g/mol. The molecule has 2 heterocycles. The largest absolute Gasteiger partial charge is 0.378 e. The number of aryl methyl sites for hydroxylation is 1. The number of ether oxygens (including phenoxy) is 1. The van der Waals surface area contributed by atoms with Gasteiger partial charge in [-0.05, 0) is 61.9 Å². The standard InChI is InChI=1S/C27H28F2N4O2/c1-4-35-19-12-27(13-19)14-23(27)30-25(34)16-5-10-22-20(11-16)21-15-32(3)31-24(21)33(22)18-8-6-17(7-9-18)26(2,28)29/h5-11,15,19,23H,4,12-14H2,1-3H3,(H,30,34). The Morgan fingerprint density at radius 2 is 1.91 bits per heavy atom. The van der Waals surface area contributed by atoms with Crippen LogP contribution in [0.3, 0.4) is 0 Å². The molecule has 2 saturated carbocycles. The van der Waals surface area contributed by atoms with Crippen LogP contribution < -0.4 is 5.32 Å². The van der Waals surface area contributed by atoms with Crippen LogP contribution in [-0.4, -0.2) is 39.0 Å². The fourth-order valence-corrected chi connectivity index (χ4v) is 5.64. The highest BCUT2D eigenvalue weighted by molar-refractivity contribution is 6.10. The molecule has 1 atom stereocenters. The molecule has 1 unspecified atom stereocenters. The van der Waals surface area contributed by atoms with Crippen molar-refractivity contribution < 1.29 is 18.3 Å². The molecule has 2 fully saturated rings. The number of amides is 1. The van der Waals surface area contributed by atoms with Crippen LogP contribution in [0.15, 0.2) is 48.7 Å². The molecule has 6 nitrogen and oxygen atoms in total. The summed E-state index contributed by atoms with van der Waals surface area (Å²) in [5.74, 6) is -2.98. The zero-order valence-corrected chi connectivity index (χ0v) is 20.0. The fourth-order valence-electron chi connectivity index (χ4n) is 5.64. The van der Waals surface area contributed by atoms with E-state index in [1.165, 1.54) is 12.1 Å². The van der Waals surface area contributed by atoms with Gasteiger partial charge >= 0.3 is 0 Å². The van der Waals surface area contributed by atoms with E-state index in [-0.39, 0.29) is 22.9 Å². The topological polar surface area (TPSA) is 61.1 Å². The zero-order valence-electron chi connectivity index (χ0n) is 20.0. The summed E-state index contributed by atoms with van der Waals surface area (Å²) in [6.07, 6.45) is 5.30. The van der Waals surface area contributed by atoms with E-state index in [4.69, 9.17) is 4.74 Å². The van der Waals surface area contributed by atoms with Crippen LogP contribution in [-0.2, 0) is 17.7 Å². The SMILES string of the molecule is CCOC1CC2(C1)CC2NC(=O)c1ccc2c(c1)c1cn(C)nc1n2-c1ccc(C(C)(F)F)cc1. The third-order valence-corrected chi connectivity index (χ3v) is 7.61. The number of benzene rings is 2. The van der Waals surface area contributed by atoms with E-state index in [1.54, 1.807) is 16.8 Å².